The Balaban J connectivity index is 4.49. The maximum Gasteiger partial charge on any atom is 0.508 e. The normalized spacial score (nSPS) is 14.8. The average molecular weight is 262 g/mol. The lowest BCUT2D eigenvalue weighted by molar-refractivity contribution is -0.116. The monoisotopic (exact) mass is 262 g/mol. The molecular formula is C9H12BFO7. The predicted octanol–water partition coefficient (Wildman–Crippen LogP) is 0.415. The van der Waals surface area contributed by atoms with Gasteiger partial charge in [0.2, 0.25) is 0 Å². The third-order valence-electron chi connectivity index (χ3n) is 1.83. The summed E-state index contributed by atoms with van der Waals surface area (Å²) in [6.45, 7) is -0.497. The molecule has 0 saturated carbocycles. The van der Waals surface area contributed by atoms with Crippen molar-refractivity contribution in [2.24, 2.45) is 0 Å². The molecule has 0 spiro atoms. The maximum absolute atomic E-state index is 13.2. The molecular weight excluding hydrogens is 250 g/mol. The van der Waals surface area contributed by atoms with Crippen molar-refractivity contribution >= 4 is 26.4 Å². The van der Waals surface area contributed by atoms with Crippen LogP contribution >= 0.6 is 0 Å². The van der Waals surface area contributed by atoms with E-state index in [0.717, 1.165) is 14.2 Å². The lowest BCUT2D eigenvalue weighted by Crippen LogP contribution is -2.36. The van der Waals surface area contributed by atoms with Crippen molar-refractivity contribution < 1.29 is 37.7 Å². The first-order valence-corrected chi connectivity index (χ1v) is 4.76. The van der Waals surface area contributed by atoms with E-state index in [9.17, 15) is 18.8 Å². The van der Waals surface area contributed by atoms with Crippen LogP contribution in [0, 0.1) is 0 Å². The molecule has 0 rings (SSSR count). The summed E-state index contributed by atoms with van der Waals surface area (Å²) in [5, 5.41) is 0. The van der Waals surface area contributed by atoms with Crippen LogP contribution in [0.2, 0.25) is 5.82 Å². The van der Waals surface area contributed by atoms with Crippen LogP contribution in [0.1, 0.15) is 0 Å². The fourth-order valence-corrected chi connectivity index (χ4v) is 0.943. The van der Waals surface area contributed by atoms with E-state index < -0.39 is 37.0 Å². The summed E-state index contributed by atoms with van der Waals surface area (Å²) in [4.78, 5) is 31.8. The zero-order chi connectivity index (χ0) is 14.1. The van der Waals surface area contributed by atoms with E-state index in [-0.39, 0.29) is 6.29 Å². The maximum atomic E-state index is 13.2. The van der Waals surface area contributed by atoms with Gasteiger partial charge in [-0.15, -0.1) is 0 Å². The minimum Gasteiger partial charge on any atom is -0.438 e. The number of rotatable bonds is 6. The summed E-state index contributed by atoms with van der Waals surface area (Å²) < 4.78 is 30.4. The number of hydrogen-bond donors (Lipinski definition) is 0. The highest BCUT2D eigenvalue weighted by molar-refractivity contribution is 6.12. The van der Waals surface area contributed by atoms with E-state index >= 15 is 0 Å². The summed E-state index contributed by atoms with van der Waals surface area (Å²) in [5.41, 5.74) is 0. The number of alkyl halides is 1. The van der Waals surface area contributed by atoms with Crippen LogP contribution in [0.3, 0.4) is 0 Å². The zero-order valence-corrected chi connectivity index (χ0v) is 9.83. The topological polar surface area (TPSA) is 88.1 Å². The van der Waals surface area contributed by atoms with Crippen molar-refractivity contribution in [3.05, 3.63) is 0 Å². The molecule has 0 heterocycles. The van der Waals surface area contributed by atoms with E-state index in [4.69, 9.17) is 7.85 Å². The van der Waals surface area contributed by atoms with Gasteiger partial charge in [0.15, 0.2) is 12.5 Å². The van der Waals surface area contributed by atoms with E-state index in [1.165, 1.54) is 0 Å². The third-order valence-corrected chi connectivity index (χ3v) is 1.83. The minimum atomic E-state index is -2.17. The van der Waals surface area contributed by atoms with Crippen LogP contribution in [-0.4, -0.2) is 59.5 Å². The molecule has 2 radical (unpaired) electrons. The van der Waals surface area contributed by atoms with Crippen LogP contribution in [0.15, 0.2) is 0 Å². The number of ether oxygens (including phenoxy) is 4. The van der Waals surface area contributed by atoms with Crippen molar-refractivity contribution in [3.63, 3.8) is 0 Å². The molecule has 18 heavy (non-hydrogen) atoms. The molecule has 0 aromatic rings. The molecule has 0 aromatic heterocycles. The SMILES string of the molecule is [B][C@@H](COC(=O)OC)[C@@H](OC(=O)OC)[C@H](F)C=O. The van der Waals surface area contributed by atoms with Gasteiger partial charge in [-0.2, -0.15) is 0 Å². The summed E-state index contributed by atoms with van der Waals surface area (Å²) in [6.07, 6.45) is -6.13. The molecule has 0 aliphatic carbocycles. The third kappa shape index (κ3) is 5.51. The number of aldehydes is 1. The van der Waals surface area contributed by atoms with Gasteiger partial charge < -0.3 is 18.9 Å². The van der Waals surface area contributed by atoms with Gasteiger partial charge in [-0.25, -0.2) is 14.0 Å². The number of halogens is 1. The molecule has 0 fully saturated rings. The largest absolute Gasteiger partial charge is 0.508 e. The first-order chi connectivity index (χ1) is 8.46. The van der Waals surface area contributed by atoms with Crippen molar-refractivity contribution in [3.8, 4) is 0 Å². The predicted molar refractivity (Wildman–Crippen MR) is 56.1 cm³/mol. The molecule has 0 bridgehead atoms. The van der Waals surface area contributed by atoms with Crippen molar-refractivity contribution in [1.29, 1.82) is 0 Å². The molecule has 0 unspecified atom stereocenters. The van der Waals surface area contributed by atoms with Crippen molar-refractivity contribution in [2.45, 2.75) is 18.1 Å². The summed E-state index contributed by atoms with van der Waals surface area (Å²) in [5.74, 6) is -1.25. The Bertz CT molecular complexity index is 299. The van der Waals surface area contributed by atoms with E-state index in [2.05, 4.69) is 18.9 Å². The second-order valence-corrected chi connectivity index (χ2v) is 3.05. The van der Waals surface area contributed by atoms with Gasteiger partial charge in [0.25, 0.3) is 0 Å². The standard InChI is InChI=1S/C9H12BFO7/c1-15-8(13)17-4-5(10)7(6(11)3-12)18-9(14)16-2/h3,5-7H,4H2,1-2H3/t5-,6+,7+/m0/s1. The highest BCUT2D eigenvalue weighted by Gasteiger charge is 2.31. The van der Waals surface area contributed by atoms with Crippen LogP contribution in [0.4, 0.5) is 14.0 Å². The van der Waals surface area contributed by atoms with Gasteiger partial charge in [0.05, 0.1) is 28.7 Å². The molecule has 0 saturated heterocycles. The molecule has 3 atom stereocenters. The molecule has 9 heteroatoms. The second kappa shape index (κ2) is 8.32. The lowest BCUT2D eigenvalue weighted by atomic mass is 9.81. The van der Waals surface area contributed by atoms with Gasteiger partial charge >= 0.3 is 12.3 Å². The van der Waals surface area contributed by atoms with Gasteiger partial charge in [-0.05, 0) is 5.82 Å². The average Bonchev–Trinajstić information content (AvgIpc) is 2.40. The number of hydrogen-bond acceptors (Lipinski definition) is 7. The smallest absolute Gasteiger partial charge is 0.438 e. The number of methoxy groups -OCH3 is 2. The van der Waals surface area contributed by atoms with Crippen molar-refractivity contribution in [2.75, 3.05) is 20.8 Å². The molecule has 0 aliphatic heterocycles. The number of carbonyl (C=O) groups is 3. The lowest BCUT2D eigenvalue weighted by Gasteiger charge is -2.23. The Morgan fingerprint density at radius 2 is 1.83 bits per heavy atom. The molecule has 100 valence electrons. The fraction of sp³-hybridized carbons (Fsp3) is 0.667. The highest BCUT2D eigenvalue weighted by atomic mass is 19.1. The van der Waals surface area contributed by atoms with E-state index in [0.29, 0.717) is 0 Å². The molecule has 7 nitrogen and oxygen atoms in total. The Morgan fingerprint density at radius 1 is 1.28 bits per heavy atom. The zero-order valence-electron chi connectivity index (χ0n) is 9.83. The van der Waals surface area contributed by atoms with E-state index in [1.807, 2.05) is 0 Å². The Kier molecular flexibility index (Phi) is 7.49. The molecule has 0 N–H and O–H groups in total. The number of carbonyl (C=O) groups excluding carboxylic acids is 3. The first kappa shape index (κ1) is 16.2. The first-order valence-electron chi connectivity index (χ1n) is 4.76. The second-order valence-electron chi connectivity index (χ2n) is 3.05. The van der Waals surface area contributed by atoms with Crippen LogP contribution in [0.5, 0.6) is 0 Å². The summed E-state index contributed by atoms with van der Waals surface area (Å²) in [7, 11) is 7.51. The molecule has 0 aromatic carbocycles. The van der Waals surface area contributed by atoms with Crippen molar-refractivity contribution in [1.82, 2.24) is 0 Å². The minimum absolute atomic E-state index is 0.0917. The summed E-state index contributed by atoms with van der Waals surface area (Å²) in [6, 6.07) is 0. The van der Waals surface area contributed by atoms with E-state index in [1.54, 1.807) is 0 Å². The van der Waals surface area contributed by atoms with Gasteiger partial charge in [0, 0.05) is 0 Å². The van der Waals surface area contributed by atoms with Gasteiger partial charge in [-0.1, -0.05) is 0 Å². The van der Waals surface area contributed by atoms with Gasteiger partial charge in [0.1, 0.15) is 6.10 Å². The Labute approximate surface area is 104 Å². The Morgan fingerprint density at radius 3 is 2.28 bits per heavy atom. The quantitative estimate of drug-likeness (QED) is 0.389. The molecule has 0 amide bonds. The van der Waals surface area contributed by atoms with Gasteiger partial charge in [-0.3, -0.25) is 4.79 Å². The highest BCUT2D eigenvalue weighted by Crippen LogP contribution is 2.18. The van der Waals surface area contributed by atoms with Crippen LogP contribution in [0.25, 0.3) is 0 Å². The van der Waals surface area contributed by atoms with Crippen LogP contribution in [-0.2, 0) is 23.7 Å². The fourth-order valence-electron chi connectivity index (χ4n) is 0.943. The van der Waals surface area contributed by atoms with Crippen LogP contribution < -0.4 is 0 Å². The summed E-state index contributed by atoms with van der Waals surface area (Å²) >= 11 is 0. The Hall–Kier alpha value is -1.80. The molecule has 0 aliphatic rings.